The monoisotopic (exact) mass is 216 g/mol. The molecule has 2 atom stereocenters. The Kier molecular flexibility index (Phi) is 2.21. The molecular weight excluding hydrogens is 200 g/mol. The highest BCUT2D eigenvalue weighted by molar-refractivity contribution is 5.70. The fourth-order valence-electron chi connectivity index (χ4n) is 2.49. The van der Waals surface area contributed by atoms with Crippen LogP contribution in [0.2, 0.25) is 0 Å². The minimum Gasteiger partial charge on any atom is -0.495 e. The number of rotatable bonds is 2. The highest BCUT2D eigenvalue weighted by Gasteiger charge is 2.34. The molecule has 0 unspecified atom stereocenters. The van der Waals surface area contributed by atoms with Gasteiger partial charge in [0.05, 0.1) is 12.8 Å². The molecule has 3 heteroatoms. The van der Waals surface area contributed by atoms with E-state index in [-0.39, 0.29) is 0 Å². The summed E-state index contributed by atoms with van der Waals surface area (Å²) < 4.78 is 5.31. The van der Waals surface area contributed by atoms with E-state index in [1.165, 1.54) is 11.1 Å². The number of aromatic nitrogens is 1. The summed E-state index contributed by atoms with van der Waals surface area (Å²) in [5, 5.41) is 3.44. The molecule has 2 aliphatic rings. The van der Waals surface area contributed by atoms with Gasteiger partial charge in [-0.2, -0.15) is 0 Å². The predicted octanol–water partition coefficient (Wildman–Crippen LogP) is 1.77. The lowest BCUT2D eigenvalue weighted by atomic mass is 9.95. The van der Waals surface area contributed by atoms with E-state index in [2.05, 4.69) is 22.4 Å². The molecule has 0 bridgehead atoms. The first-order valence-corrected chi connectivity index (χ1v) is 5.73. The number of hydrogen-bond acceptors (Lipinski definition) is 3. The Morgan fingerprint density at radius 3 is 2.94 bits per heavy atom. The first-order valence-electron chi connectivity index (χ1n) is 5.73. The molecule has 0 spiro atoms. The van der Waals surface area contributed by atoms with E-state index in [0.29, 0.717) is 6.04 Å². The zero-order chi connectivity index (χ0) is 11.1. The van der Waals surface area contributed by atoms with Gasteiger partial charge < -0.3 is 10.1 Å². The third-order valence-electron chi connectivity index (χ3n) is 3.62. The molecule has 0 amide bonds. The number of fused-ring (bicyclic) bond motifs is 1. The second-order valence-corrected chi connectivity index (χ2v) is 4.59. The summed E-state index contributed by atoms with van der Waals surface area (Å²) in [7, 11) is 1.70. The van der Waals surface area contributed by atoms with E-state index < -0.39 is 0 Å². The molecule has 3 nitrogen and oxygen atoms in total. The lowest BCUT2D eigenvalue weighted by molar-refractivity contribution is 0.306. The van der Waals surface area contributed by atoms with Crippen molar-refractivity contribution >= 4 is 5.57 Å². The zero-order valence-electron chi connectivity index (χ0n) is 9.66. The third kappa shape index (κ3) is 1.43. The van der Waals surface area contributed by atoms with Gasteiger partial charge in [-0.1, -0.05) is 6.08 Å². The minimum absolute atomic E-state index is 0.669. The predicted molar refractivity (Wildman–Crippen MR) is 63.4 cm³/mol. The van der Waals surface area contributed by atoms with E-state index in [1.54, 1.807) is 7.11 Å². The second-order valence-electron chi connectivity index (χ2n) is 4.59. The van der Waals surface area contributed by atoms with E-state index in [9.17, 15) is 0 Å². The van der Waals surface area contributed by atoms with Crippen molar-refractivity contribution in [1.82, 2.24) is 10.3 Å². The van der Waals surface area contributed by atoms with E-state index in [1.807, 2.05) is 13.1 Å². The average molecular weight is 216 g/mol. The van der Waals surface area contributed by atoms with Crippen molar-refractivity contribution in [2.75, 3.05) is 13.7 Å². The fourth-order valence-corrected chi connectivity index (χ4v) is 2.49. The molecule has 1 aliphatic heterocycles. The zero-order valence-corrected chi connectivity index (χ0v) is 9.66. The normalized spacial score (nSPS) is 27.0. The van der Waals surface area contributed by atoms with Gasteiger partial charge in [0.25, 0.3) is 0 Å². The summed E-state index contributed by atoms with van der Waals surface area (Å²) in [5.74, 6) is 1.62. The van der Waals surface area contributed by atoms with Crippen LogP contribution in [0.5, 0.6) is 5.75 Å². The quantitative estimate of drug-likeness (QED) is 0.818. The van der Waals surface area contributed by atoms with E-state index in [4.69, 9.17) is 4.74 Å². The van der Waals surface area contributed by atoms with Gasteiger partial charge in [0.1, 0.15) is 5.75 Å². The topological polar surface area (TPSA) is 34.1 Å². The van der Waals surface area contributed by atoms with Crippen molar-refractivity contribution in [3.8, 4) is 5.75 Å². The maximum atomic E-state index is 5.31. The van der Waals surface area contributed by atoms with E-state index in [0.717, 1.165) is 30.3 Å². The summed E-state index contributed by atoms with van der Waals surface area (Å²) in [6, 6.07) is 2.76. The Hall–Kier alpha value is -1.35. The van der Waals surface area contributed by atoms with Crippen molar-refractivity contribution in [2.45, 2.75) is 19.4 Å². The number of aryl methyl sites for hydroxylation is 1. The van der Waals surface area contributed by atoms with Gasteiger partial charge >= 0.3 is 0 Å². The van der Waals surface area contributed by atoms with Crippen LogP contribution in [0.1, 0.15) is 17.7 Å². The Balaban J connectivity index is 1.92. The molecule has 0 radical (unpaired) electrons. The second kappa shape index (κ2) is 3.59. The third-order valence-corrected chi connectivity index (χ3v) is 3.62. The molecule has 84 valence electrons. The molecule has 1 aromatic heterocycles. The molecule has 1 N–H and O–H groups in total. The van der Waals surface area contributed by atoms with Crippen molar-refractivity contribution in [2.24, 2.45) is 5.92 Å². The molecule has 2 heterocycles. The summed E-state index contributed by atoms with van der Waals surface area (Å²) >= 11 is 0. The maximum Gasteiger partial charge on any atom is 0.140 e. The average Bonchev–Trinajstić information content (AvgIpc) is 2.56. The number of nitrogens with zero attached hydrogens (tertiary/aromatic N) is 1. The van der Waals surface area contributed by atoms with Crippen molar-refractivity contribution in [3.05, 3.63) is 29.6 Å². The highest BCUT2D eigenvalue weighted by Crippen LogP contribution is 2.36. The molecule has 1 saturated heterocycles. The Morgan fingerprint density at radius 2 is 2.38 bits per heavy atom. The Bertz CT molecular complexity index is 453. The van der Waals surface area contributed by atoms with Crippen LogP contribution in [0.3, 0.4) is 0 Å². The molecule has 1 aromatic rings. The number of nitrogens with one attached hydrogen (secondary N) is 1. The van der Waals surface area contributed by atoms with Crippen LogP contribution in [0.15, 0.2) is 18.3 Å². The van der Waals surface area contributed by atoms with Gasteiger partial charge in [-0.15, -0.1) is 0 Å². The smallest absolute Gasteiger partial charge is 0.140 e. The molecule has 1 aliphatic carbocycles. The van der Waals surface area contributed by atoms with Gasteiger partial charge in [-0.3, -0.25) is 4.98 Å². The van der Waals surface area contributed by atoms with Gasteiger partial charge in [0, 0.05) is 24.7 Å². The highest BCUT2D eigenvalue weighted by atomic mass is 16.5. The van der Waals surface area contributed by atoms with Crippen LogP contribution in [-0.2, 0) is 0 Å². The summed E-state index contributed by atoms with van der Waals surface area (Å²) in [4.78, 5) is 4.38. The Labute approximate surface area is 95.5 Å². The summed E-state index contributed by atoms with van der Waals surface area (Å²) in [5.41, 5.74) is 3.57. The molecule has 0 saturated carbocycles. The lowest BCUT2D eigenvalue weighted by Gasteiger charge is -2.31. The number of pyridine rings is 1. The van der Waals surface area contributed by atoms with Crippen LogP contribution >= 0.6 is 0 Å². The van der Waals surface area contributed by atoms with Crippen molar-refractivity contribution < 1.29 is 4.74 Å². The number of ether oxygens (including phenoxy) is 1. The molecular formula is C13H16N2O. The molecule has 16 heavy (non-hydrogen) atoms. The molecule has 0 aromatic carbocycles. The Morgan fingerprint density at radius 1 is 1.50 bits per heavy atom. The SMILES string of the molecule is COc1cc(C2=C[C@H]3CN[C@H]3C2)cnc1C. The summed E-state index contributed by atoms with van der Waals surface area (Å²) in [6.45, 7) is 3.10. The van der Waals surface area contributed by atoms with E-state index >= 15 is 0 Å². The standard InChI is InChI=1S/C13H16N2O/c1-8-13(16-2)5-10(6-14-8)9-3-11-7-15-12(11)4-9/h3,5-6,11-12,15H,4,7H2,1-2H3/t11-,12-/m0/s1. The summed E-state index contributed by atoms with van der Waals surface area (Å²) in [6.07, 6.45) is 5.46. The van der Waals surface area contributed by atoms with Crippen molar-refractivity contribution in [1.29, 1.82) is 0 Å². The van der Waals surface area contributed by atoms with Crippen LogP contribution in [0.25, 0.3) is 5.57 Å². The first-order chi connectivity index (χ1) is 7.78. The number of methoxy groups -OCH3 is 1. The van der Waals surface area contributed by atoms with Crippen LogP contribution < -0.4 is 10.1 Å². The van der Waals surface area contributed by atoms with Gasteiger partial charge in [-0.25, -0.2) is 0 Å². The maximum absolute atomic E-state index is 5.31. The number of hydrogen-bond donors (Lipinski definition) is 1. The van der Waals surface area contributed by atoms with Gasteiger partial charge in [-0.05, 0) is 30.5 Å². The van der Waals surface area contributed by atoms with Crippen LogP contribution in [-0.4, -0.2) is 24.7 Å². The minimum atomic E-state index is 0.669. The van der Waals surface area contributed by atoms with Gasteiger partial charge in [0.2, 0.25) is 0 Å². The van der Waals surface area contributed by atoms with Crippen LogP contribution in [0, 0.1) is 12.8 Å². The lowest BCUT2D eigenvalue weighted by Crippen LogP contribution is -2.49. The molecule has 1 fully saturated rings. The van der Waals surface area contributed by atoms with Crippen molar-refractivity contribution in [3.63, 3.8) is 0 Å². The van der Waals surface area contributed by atoms with Gasteiger partial charge in [0.15, 0.2) is 0 Å². The molecule has 3 rings (SSSR count). The fraction of sp³-hybridized carbons (Fsp3) is 0.462. The van der Waals surface area contributed by atoms with Crippen LogP contribution in [0.4, 0.5) is 0 Å². The first kappa shape index (κ1) is 9.85. The largest absolute Gasteiger partial charge is 0.495 e.